The maximum absolute atomic E-state index is 13.3. The Morgan fingerprint density at radius 1 is 1.33 bits per heavy atom. The second-order valence-electron chi connectivity index (χ2n) is 7.42. The number of nitrogens with zero attached hydrogens (tertiary/aromatic N) is 3. The summed E-state index contributed by atoms with van der Waals surface area (Å²) >= 11 is 0. The quantitative estimate of drug-likeness (QED) is 0.286. The van der Waals surface area contributed by atoms with E-state index in [9.17, 15) is 38.0 Å². The molecule has 0 aliphatic carbocycles. The van der Waals surface area contributed by atoms with E-state index in [1.54, 1.807) is 4.90 Å². The largest absolute Gasteiger partial charge is 0.480 e. The van der Waals surface area contributed by atoms with Crippen molar-refractivity contribution in [3.8, 4) is 0 Å². The zero-order chi connectivity index (χ0) is 24.9. The van der Waals surface area contributed by atoms with Crippen LogP contribution in [0.5, 0.6) is 0 Å². The molecule has 14 heteroatoms. The topological polar surface area (TPSA) is 193 Å². The van der Waals surface area contributed by atoms with E-state index in [2.05, 4.69) is 5.32 Å². The summed E-state index contributed by atoms with van der Waals surface area (Å²) in [6.07, 6.45) is -0.211. The summed E-state index contributed by atoms with van der Waals surface area (Å²) in [4.78, 5) is 47.4. The third kappa shape index (κ3) is 5.76. The Kier molecular flexibility index (Phi) is 8.33. The normalized spacial score (nSPS) is 17.3. The number of carbonyl (C=O) groups excluding carboxylic acids is 2. The zero-order valence-corrected chi connectivity index (χ0v) is 19.1. The molecule has 33 heavy (non-hydrogen) atoms. The minimum Gasteiger partial charge on any atom is -0.480 e. The molecular weight excluding hydrogens is 458 g/mol. The Bertz CT molecular complexity index is 1040. The van der Waals surface area contributed by atoms with E-state index in [4.69, 9.17) is 5.73 Å². The smallest absolute Gasteiger partial charge is 0.326 e. The van der Waals surface area contributed by atoms with E-state index in [-0.39, 0.29) is 29.2 Å². The molecule has 0 bridgehead atoms. The highest BCUT2D eigenvalue weighted by Crippen LogP contribution is 2.33. The molecule has 1 fully saturated rings. The molecule has 13 nitrogen and oxygen atoms in total. The van der Waals surface area contributed by atoms with Gasteiger partial charge in [0.1, 0.15) is 17.8 Å². The number of anilines is 1. The molecule has 2 rings (SSSR count). The number of primary amides is 1. The Labute approximate surface area is 190 Å². The van der Waals surface area contributed by atoms with Crippen LogP contribution in [0.15, 0.2) is 23.1 Å². The number of aliphatic carboxylic acids is 1. The number of nitro benzene ring substituents is 1. The number of carbonyl (C=O) groups is 3. The SMILES string of the molecule is CCN(CC)c1ccc(S(=O)(=O)N2CCCC2C(=O)NC(CC(N)=O)C(=O)O)cc1[N+](=O)[O-]. The number of carboxylic acid groups (broad SMARTS) is 1. The van der Waals surface area contributed by atoms with Crippen molar-refractivity contribution in [3.05, 3.63) is 28.3 Å². The third-order valence-electron chi connectivity index (χ3n) is 5.38. The van der Waals surface area contributed by atoms with Gasteiger partial charge in [0.15, 0.2) is 0 Å². The molecule has 0 aromatic heterocycles. The number of carboxylic acids is 1. The van der Waals surface area contributed by atoms with Crippen molar-refractivity contribution >= 4 is 39.2 Å². The molecule has 1 saturated heterocycles. The Morgan fingerprint density at radius 3 is 2.48 bits per heavy atom. The summed E-state index contributed by atoms with van der Waals surface area (Å²) in [5.41, 5.74) is 4.90. The number of nitro groups is 1. The molecule has 2 amide bonds. The van der Waals surface area contributed by atoms with Gasteiger partial charge in [-0.2, -0.15) is 4.31 Å². The minimum absolute atomic E-state index is 0.0282. The highest BCUT2D eigenvalue weighted by Gasteiger charge is 2.41. The fourth-order valence-corrected chi connectivity index (χ4v) is 5.41. The van der Waals surface area contributed by atoms with Crippen LogP contribution in [-0.2, 0) is 24.4 Å². The van der Waals surface area contributed by atoms with Gasteiger partial charge in [-0.25, -0.2) is 13.2 Å². The number of rotatable bonds is 11. The molecule has 1 aromatic rings. The number of hydrogen-bond donors (Lipinski definition) is 3. The Morgan fingerprint density at radius 2 is 1.97 bits per heavy atom. The molecule has 0 saturated carbocycles. The van der Waals surface area contributed by atoms with Crippen molar-refractivity contribution < 1.29 is 32.8 Å². The van der Waals surface area contributed by atoms with Crippen LogP contribution in [0.25, 0.3) is 0 Å². The highest BCUT2D eigenvalue weighted by molar-refractivity contribution is 7.89. The van der Waals surface area contributed by atoms with Gasteiger partial charge in [-0.3, -0.25) is 19.7 Å². The van der Waals surface area contributed by atoms with Gasteiger partial charge in [-0.05, 0) is 38.8 Å². The number of nitrogens with two attached hydrogens (primary N) is 1. The molecule has 1 heterocycles. The lowest BCUT2D eigenvalue weighted by atomic mass is 10.1. The fraction of sp³-hybridized carbons (Fsp3) is 0.526. The van der Waals surface area contributed by atoms with Gasteiger partial charge in [0.25, 0.3) is 5.69 Å². The summed E-state index contributed by atoms with van der Waals surface area (Å²) in [7, 11) is -4.31. The van der Waals surface area contributed by atoms with Crippen molar-refractivity contribution in [1.29, 1.82) is 0 Å². The predicted octanol–water partition coefficient (Wildman–Crippen LogP) is 0.0389. The van der Waals surface area contributed by atoms with E-state index in [0.717, 1.165) is 10.4 Å². The summed E-state index contributed by atoms with van der Waals surface area (Å²) in [6, 6.07) is 0.733. The molecular formula is C19H27N5O8S. The van der Waals surface area contributed by atoms with Gasteiger partial charge in [0.2, 0.25) is 21.8 Å². The van der Waals surface area contributed by atoms with Gasteiger partial charge in [-0.15, -0.1) is 0 Å². The monoisotopic (exact) mass is 485 g/mol. The number of benzene rings is 1. The van der Waals surface area contributed by atoms with E-state index in [0.29, 0.717) is 19.5 Å². The number of amides is 2. The average molecular weight is 486 g/mol. The maximum atomic E-state index is 13.3. The molecule has 0 radical (unpaired) electrons. The lowest BCUT2D eigenvalue weighted by Crippen LogP contribution is -2.51. The standard InChI is InChI=1S/C19H27N5O8S/c1-3-22(4-2)14-8-7-12(10-16(14)24(29)30)33(31,32)23-9-5-6-15(23)18(26)21-13(19(27)28)11-17(20)25/h7-8,10,13,15H,3-6,9,11H2,1-2H3,(H2,20,25)(H,21,26)(H,27,28). The summed E-state index contributed by atoms with van der Waals surface area (Å²) in [6.45, 7) is 4.56. The van der Waals surface area contributed by atoms with E-state index >= 15 is 0 Å². The molecule has 1 aromatic carbocycles. The summed E-state index contributed by atoms with van der Waals surface area (Å²) in [5.74, 6) is -3.32. The van der Waals surface area contributed by atoms with Crippen LogP contribution < -0.4 is 16.0 Å². The van der Waals surface area contributed by atoms with Crippen molar-refractivity contribution in [2.45, 2.75) is 50.1 Å². The first kappa shape index (κ1) is 26.0. The van der Waals surface area contributed by atoms with E-state index in [1.165, 1.54) is 12.1 Å². The average Bonchev–Trinajstić information content (AvgIpc) is 3.24. The first-order chi connectivity index (χ1) is 15.4. The number of nitrogens with one attached hydrogen (secondary N) is 1. The summed E-state index contributed by atoms with van der Waals surface area (Å²) < 4.78 is 27.4. The molecule has 0 spiro atoms. The van der Waals surface area contributed by atoms with Gasteiger partial charge >= 0.3 is 5.97 Å². The van der Waals surface area contributed by atoms with Crippen LogP contribution in [-0.4, -0.2) is 72.3 Å². The Hall–Kier alpha value is -3.26. The van der Waals surface area contributed by atoms with Crippen LogP contribution in [0.4, 0.5) is 11.4 Å². The predicted molar refractivity (Wildman–Crippen MR) is 117 cm³/mol. The first-order valence-electron chi connectivity index (χ1n) is 10.3. The Balaban J connectivity index is 2.37. The maximum Gasteiger partial charge on any atom is 0.326 e. The van der Waals surface area contributed by atoms with Crippen LogP contribution in [0.2, 0.25) is 0 Å². The van der Waals surface area contributed by atoms with Gasteiger partial charge < -0.3 is 21.1 Å². The molecule has 4 N–H and O–H groups in total. The van der Waals surface area contributed by atoms with Crippen LogP contribution in [0.3, 0.4) is 0 Å². The molecule has 1 aliphatic heterocycles. The van der Waals surface area contributed by atoms with Gasteiger partial charge in [-0.1, -0.05) is 0 Å². The minimum atomic E-state index is -4.31. The van der Waals surface area contributed by atoms with E-state index < -0.39 is 51.2 Å². The van der Waals surface area contributed by atoms with Gasteiger partial charge in [0.05, 0.1) is 16.2 Å². The van der Waals surface area contributed by atoms with Gasteiger partial charge in [0, 0.05) is 25.7 Å². The van der Waals surface area contributed by atoms with Crippen molar-refractivity contribution in [1.82, 2.24) is 9.62 Å². The summed E-state index contributed by atoms with van der Waals surface area (Å²) in [5, 5.41) is 23.0. The third-order valence-corrected chi connectivity index (χ3v) is 7.28. The number of sulfonamides is 1. The molecule has 2 unspecified atom stereocenters. The lowest BCUT2D eigenvalue weighted by molar-refractivity contribution is -0.384. The first-order valence-corrected chi connectivity index (χ1v) is 11.7. The van der Waals surface area contributed by atoms with Crippen molar-refractivity contribution in [2.24, 2.45) is 5.73 Å². The molecule has 2 atom stereocenters. The molecule has 182 valence electrons. The zero-order valence-electron chi connectivity index (χ0n) is 18.3. The highest BCUT2D eigenvalue weighted by atomic mass is 32.2. The van der Waals surface area contributed by atoms with Crippen LogP contribution in [0.1, 0.15) is 33.1 Å². The fourth-order valence-electron chi connectivity index (χ4n) is 3.74. The van der Waals surface area contributed by atoms with Crippen molar-refractivity contribution in [3.63, 3.8) is 0 Å². The molecule has 1 aliphatic rings. The second kappa shape index (κ2) is 10.6. The second-order valence-corrected chi connectivity index (χ2v) is 9.31. The van der Waals surface area contributed by atoms with Crippen LogP contribution >= 0.6 is 0 Å². The van der Waals surface area contributed by atoms with Crippen molar-refractivity contribution in [2.75, 3.05) is 24.5 Å². The van der Waals surface area contributed by atoms with E-state index in [1.807, 2.05) is 13.8 Å². The van der Waals surface area contributed by atoms with Crippen LogP contribution in [0, 0.1) is 10.1 Å². The lowest BCUT2D eigenvalue weighted by Gasteiger charge is -2.25. The number of hydrogen-bond acceptors (Lipinski definition) is 8.